The maximum Gasteiger partial charge on any atom is 0.265 e. The highest BCUT2D eigenvalue weighted by atomic mass is 19.3. The van der Waals surface area contributed by atoms with Gasteiger partial charge in [-0.25, -0.2) is 13.8 Å². The van der Waals surface area contributed by atoms with Gasteiger partial charge in [-0.3, -0.25) is 0 Å². The van der Waals surface area contributed by atoms with E-state index in [1.807, 2.05) is 0 Å². The number of pyridine rings is 1. The van der Waals surface area contributed by atoms with Crippen LogP contribution in [0.3, 0.4) is 0 Å². The normalized spacial score (nSPS) is 10.8. The molecule has 0 bridgehead atoms. The summed E-state index contributed by atoms with van der Waals surface area (Å²) in [4.78, 5) is 3.06. The lowest BCUT2D eigenvalue weighted by atomic mass is 10.2. The first-order chi connectivity index (χ1) is 5.65. The fraction of sp³-hybridized carbons (Fsp3) is 0.286. The number of hydrogen-bond donors (Lipinski definition) is 1. The monoisotopic (exact) mass is 177 g/mol. The van der Waals surface area contributed by atoms with Crippen molar-refractivity contribution in [2.24, 2.45) is 0 Å². The molecule has 5 heteroatoms. The van der Waals surface area contributed by atoms with Crippen LogP contribution < -0.4 is 0 Å². The third kappa shape index (κ3) is 1.73. The van der Waals surface area contributed by atoms with Gasteiger partial charge in [-0.05, 0) is 6.07 Å². The van der Waals surface area contributed by atoms with Crippen molar-refractivity contribution in [2.45, 2.75) is 13.0 Å². The zero-order valence-corrected chi connectivity index (χ0v) is 5.97. The lowest BCUT2D eigenvalue weighted by Crippen LogP contribution is -1.96. The maximum absolute atomic E-state index is 12.5. The van der Waals surface area contributed by atoms with Crippen LogP contribution in [0, 0.1) is 5.95 Å². The first-order valence-corrected chi connectivity index (χ1v) is 3.18. The third-order valence-corrected chi connectivity index (χ3v) is 1.36. The molecule has 1 rings (SSSR count). The predicted molar refractivity (Wildman–Crippen MR) is 35.1 cm³/mol. The molecule has 1 heterocycles. The summed E-state index contributed by atoms with van der Waals surface area (Å²) in [5.74, 6) is -0.915. The van der Waals surface area contributed by atoms with Gasteiger partial charge in [-0.2, -0.15) is 4.39 Å². The molecule has 0 saturated heterocycles. The zero-order valence-electron chi connectivity index (χ0n) is 5.97. The first-order valence-electron chi connectivity index (χ1n) is 3.18. The SMILES string of the molecule is OCc1cc(C(F)F)cnc1F. The summed E-state index contributed by atoms with van der Waals surface area (Å²) < 4.78 is 36.5. The van der Waals surface area contributed by atoms with E-state index in [0.717, 1.165) is 12.3 Å². The molecule has 12 heavy (non-hydrogen) atoms. The van der Waals surface area contributed by atoms with Crippen LogP contribution in [0.15, 0.2) is 12.3 Å². The molecule has 0 fully saturated rings. The molecule has 0 aliphatic carbocycles. The van der Waals surface area contributed by atoms with E-state index in [9.17, 15) is 13.2 Å². The van der Waals surface area contributed by atoms with Crippen molar-refractivity contribution < 1.29 is 18.3 Å². The summed E-state index contributed by atoms with van der Waals surface area (Å²) in [5, 5.41) is 8.50. The second-order valence-corrected chi connectivity index (χ2v) is 2.18. The summed E-state index contributed by atoms with van der Waals surface area (Å²) in [5.41, 5.74) is -0.603. The molecule has 0 aliphatic heterocycles. The Kier molecular flexibility index (Phi) is 2.65. The van der Waals surface area contributed by atoms with Gasteiger partial charge in [0.25, 0.3) is 6.43 Å². The van der Waals surface area contributed by atoms with E-state index in [1.54, 1.807) is 0 Å². The van der Waals surface area contributed by atoms with E-state index in [2.05, 4.69) is 4.98 Å². The fourth-order valence-corrected chi connectivity index (χ4v) is 0.742. The van der Waals surface area contributed by atoms with Crippen molar-refractivity contribution in [3.05, 3.63) is 29.3 Å². The van der Waals surface area contributed by atoms with E-state index in [0.29, 0.717) is 0 Å². The van der Waals surface area contributed by atoms with Gasteiger partial charge in [0.1, 0.15) is 0 Å². The Morgan fingerprint density at radius 1 is 1.50 bits per heavy atom. The molecule has 0 spiro atoms. The highest BCUT2D eigenvalue weighted by Crippen LogP contribution is 2.19. The largest absolute Gasteiger partial charge is 0.392 e. The average Bonchev–Trinajstić information content (AvgIpc) is 2.05. The van der Waals surface area contributed by atoms with Crippen LogP contribution in [-0.4, -0.2) is 10.1 Å². The molecular formula is C7H6F3NO. The summed E-state index contributed by atoms with van der Waals surface area (Å²) in [7, 11) is 0. The molecule has 66 valence electrons. The molecule has 1 aromatic rings. The molecule has 0 aliphatic rings. The van der Waals surface area contributed by atoms with E-state index < -0.39 is 19.0 Å². The number of nitrogens with zero attached hydrogens (tertiary/aromatic N) is 1. The summed E-state index contributed by atoms with van der Waals surface area (Å²) in [6.45, 7) is -0.626. The standard InChI is InChI=1S/C7H6F3NO/c8-6(9)4-1-5(3-12)7(10)11-2-4/h1-2,6,12H,3H2. The van der Waals surface area contributed by atoms with Gasteiger partial charge < -0.3 is 5.11 Å². The lowest BCUT2D eigenvalue weighted by molar-refractivity contribution is 0.150. The van der Waals surface area contributed by atoms with Gasteiger partial charge >= 0.3 is 0 Å². The van der Waals surface area contributed by atoms with Crippen LogP contribution in [-0.2, 0) is 6.61 Å². The fourth-order valence-electron chi connectivity index (χ4n) is 0.742. The molecule has 0 saturated carbocycles. The van der Waals surface area contributed by atoms with Gasteiger partial charge in [0, 0.05) is 17.3 Å². The van der Waals surface area contributed by atoms with Crippen molar-refractivity contribution in [1.82, 2.24) is 4.98 Å². The molecule has 0 aromatic carbocycles. The number of rotatable bonds is 2. The minimum Gasteiger partial charge on any atom is -0.392 e. The van der Waals surface area contributed by atoms with Crippen molar-refractivity contribution in [2.75, 3.05) is 0 Å². The maximum atomic E-state index is 12.5. The van der Waals surface area contributed by atoms with Gasteiger partial charge in [-0.15, -0.1) is 0 Å². The van der Waals surface area contributed by atoms with Crippen molar-refractivity contribution in [1.29, 1.82) is 0 Å². The van der Waals surface area contributed by atoms with Gasteiger partial charge in [0.05, 0.1) is 6.61 Å². The number of alkyl halides is 2. The lowest BCUT2D eigenvalue weighted by Gasteiger charge is -2.01. The molecular weight excluding hydrogens is 171 g/mol. The summed E-state index contributed by atoms with van der Waals surface area (Å²) in [6.07, 6.45) is -1.94. The van der Waals surface area contributed by atoms with Crippen LogP contribution in [0.25, 0.3) is 0 Å². The Labute approximate surface area is 66.7 Å². The Bertz CT molecular complexity index is 277. The Morgan fingerprint density at radius 3 is 2.67 bits per heavy atom. The molecule has 1 N–H and O–H groups in total. The van der Waals surface area contributed by atoms with Crippen LogP contribution in [0.5, 0.6) is 0 Å². The topological polar surface area (TPSA) is 33.1 Å². The first kappa shape index (κ1) is 8.99. The predicted octanol–water partition coefficient (Wildman–Crippen LogP) is 1.65. The van der Waals surface area contributed by atoms with E-state index >= 15 is 0 Å². The number of aliphatic hydroxyl groups excluding tert-OH is 1. The summed E-state index contributed by atoms with van der Waals surface area (Å²) >= 11 is 0. The Morgan fingerprint density at radius 2 is 2.17 bits per heavy atom. The third-order valence-electron chi connectivity index (χ3n) is 1.36. The van der Waals surface area contributed by atoms with Crippen molar-refractivity contribution in [3.8, 4) is 0 Å². The van der Waals surface area contributed by atoms with Crippen molar-refractivity contribution in [3.63, 3.8) is 0 Å². The van der Waals surface area contributed by atoms with Gasteiger partial charge in [0.15, 0.2) is 0 Å². The van der Waals surface area contributed by atoms with Gasteiger partial charge in [-0.1, -0.05) is 0 Å². The van der Waals surface area contributed by atoms with E-state index in [1.165, 1.54) is 0 Å². The summed E-state index contributed by atoms with van der Waals surface area (Å²) in [6, 6.07) is 0.896. The Balaban J connectivity index is 3.05. The molecule has 1 aromatic heterocycles. The van der Waals surface area contributed by atoms with Crippen LogP contribution in [0.1, 0.15) is 17.6 Å². The minimum atomic E-state index is -2.69. The molecule has 0 unspecified atom stereocenters. The van der Waals surface area contributed by atoms with Gasteiger partial charge in [0.2, 0.25) is 5.95 Å². The minimum absolute atomic E-state index is 0.215. The van der Waals surface area contributed by atoms with E-state index in [4.69, 9.17) is 5.11 Å². The highest BCUT2D eigenvalue weighted by molar-refractivity contribution is 5.19. The smallest absolute Gasteiger partial charge is 0.265 e. The second-order valence-electron chi connectivity index (χ2n) is 2.18. The van der Waals surface area contributed by atoms with E-state index in [-0.39, 0.29) is 11.1 Å². The second kappa shape index (κ2) is 3.53. The number of halogens is 3. The molecule has 2 nitrogen and oxygen atoms in total. The Hall–Kier alpha value is -1.10. The van der Waals surface area contributed by atoms with Crippen molar-refractivity contribution >= 4 is 0 Å². The zero-order chi connectivity index (χ0) is 9.14. The number of aromatic nitrogens is 1. The quantitative estimate of drug-likeness (QED) is 0.696. The molecule has 0 atom stereocenters. The number of aliphatic hydroxyl groups is 1. The van der Waals surface area contributed by atoms with Crippen LogP contribution in [0.2, 0.25) is 0 Å². The molecule has 0 radical (unpaired) electrons. The number of hydrogen-bond acceptors (Lipinski definition) is 2. The van der Waals surface area contributed by atoms with Crippen LogP contribution in [0.4, 0.5) is 13.2 Å². The average molecular weight is 177 g/mol. The highest BCUT2D eigenvalue weighted by Gasteiger charge is 2.10. The molecule has 0 amide bonds. The van der Waals surface area contributed by atoms with Crippen LogP contribution >= 0.6 is 0 Å².